The van der Waals surface area contributed by atoms with Crippen molar-refractivity contribution in [1.82, 2.24) is 14.7 Å². The summed E-state index contributed by atoms with van der Waals surface area (Å²) in [6.07, 6.45) is 1.78. The number of hydrogen-bond acceptors (Lipinski definition) is 3. The summed E-state index contributed by atoms with van der Waals surface area (Å²) in [4.78, 5) is 30.5. The van der Waals surface area contributed by atoms with Crippen molar-refractivity contribution in [2.75, 3.05) is 46.8 Å². The topological polar surface area (TPSA) is 43.9 Å². The second-order valence-electron chi connectivity index (χ2n) is 7.18. The van der Waals surface area contributed by atoms with E-state index in [-0.39, 0.29) is 23.5 Å². The van der Waals surface area contributed by atoms with Gasteiger partial charge in [0, 0.05) is 45.6 Å². The summed E-state index contributed by atoms with van der Waals surface area (Å²) in [7, 11) is 3.91. The zero-order valence-electron chi connectivity index (χ0n) is 16.1. The van der Waals surface area contributed by atoms with E-state index in [4.69, 9.17) is 0 Å². The van der Waals surface area contributed by atoms with Crippen LogP contribution in [0, 0.1) is 5.82 Å². The van der Waals surface area contributed by atoms with Crippen LogP contribution in [0.5, 0.6) is 0 Å². The van der Waals surface area contributed by atoms with Crippen LogP contribution in [-0.2, 0) is 9.59 Å². The Morgan fingerprint density at radius 2 is 1.58 bits per heavy atom. The fraction of sp³-hybridized carbons (Fsp3) is 0.600. The molecule has 1 aromatic carbocycles. The summed E-state index contributed by atoms with van der Waals surface area (Å²) in [5.41, 5.74) is 1.000. The van der Waals surface area contributed by atoms with Crippen molar-refractivity contribution in [3.8, 4) is 0 Å². The first kappa shape index (κ1) is 20.4. The van der Waals surface area contributed by atoms with E-state index in [0.717, 1.165) is 18.5 Å². The van der Waals surface area contributed by atoms with Crippen molar-refractivity contribution >= 4 is 11.8 Å². The smallest absolute Gasteiger partial charge is 0.223 e. The molecule has 6 heteroatoms. The van der Waals surface area contributed by atoms with Crippen LogP contribution in [0.3, 0.4) is 0 Å². The van der Waals surface area contributed by atoms with E-state index in [0.29, 0.717) is 39.0 Å². The quantitative estimate of drug-likeness (QED) is 0.747. The maximum Gasteiger partial charge on any atom is 0.223 e. The molecule has 1 fully saturated rings. The monoisotopic (exact) mass is 363 g/mol. The van der Waals surface area contributed by atoms with Gasteiger partial charge in [0.1, 0.15) is 5.82 Å². The second-order valence-corrected chi connectivity index (χ2v) is 7.18. The summed E-state index contributed by atoms with van der Waals surface area (Å²) in [6.45, 7) is 5.17. The highest BCUT2D eigenvalue weighted by atomic mass is 19.1. The Morgan fingerprint density at radius 1 is 1.04 bits per heavy atom. The Bertz CT molecular complexity index is 596. The number of carbonyl (C=O) groups is 2. The number of amides is 2. The fourth-order valence-corrected chi connectivity index (χ4v) is 3.26. The van der Waals surface area contributed by atoms with Crippen molar-refractivity contribution in [1.29, 1.82) is 0 Å². The first-order chi connectivity index (χ1) is 12.4. The van der Waals surface area contributed by atoms with E-state index in [2.05, 4.69) is 0 Å². The molecule has 5 nitrogen and oxygen atoms in total. The molecular formula is C20H30FN3O2. The molecule has 0 spiro atoms. The predicted octanol–water partition coefficient (Wildman–Crippen LogP) is 2.33. The highest BCUT2D eigenvalue weighted by Crippen LogP contribution is 2.24. The molecule has 1 aromatic rings. The third-order valence-corrected chi connectivity index (χ3v) is 5.01. The van der Waals surface area contributed by atoms with E-state index in [9.17, 15) is 14.0 Å². The summed E-state index contributed by atoms with van der Waals surface area (Å²) in [5.74, 6) is 0.109. The number of nitrogens with zero attached hydrogens (tertiary/aromatic N) is 3. The van der Waals surface area contributed by atoms with Gasteiger partial charge in [-0.05, 0) is 44.1 Å². The fourth-order valence-electron chi connectivity index (χ4n) is 3.26. The molecule has 0 aromatic heterocycles. The molecule has 0 aliphatic carbocycles. The number of benzene rings is 1. The molecular weight excluding hydrogens is 333 g/mol. The Kier molecular flexibility index (Phi) is 7.57. The van der Waals surface area contributed by atoms with Gasteiger partial charge < -0.3 is 14.7 Å². The number of carbonyl (C=O) groups excluding carboxylic acids is 2. The van der Waals surface area contributed by atoms with Crippen LogP contribution in [0.2, 0.25) is 0 Å². The van der Waals surface area contributed by atoms with E-state index >= 15 is 0 Å². The lowest BCUT2D eigenvalue weighted by molar-refractivity contribution is -0.139. The first-order valence-electron chi connectivity index (χ1n) is 9.36. The van der Waals surface area contributed by atoms with Crippen molar-refractivity contribution < 1.29 is 14.0 Å². The zero-order chi connectivity index (χ0) is 19.1. The predicted molar refractivity (Wildman–Crippen MR) is 100 cm³/mol. The van der Waals surface area contributed by atoms with Gasteiger partial charge in [0.25, 0.3) is 0 Å². The van der Waals surface area contributed by atoms with E-state index < -0.39 is 0 Å². The highest BCUT2D eigenvalue weighted by Gasteiger charge is 2.25. The van der Waals surface area contributed by atoms with Crippen molar-refractivity contribution in [2.45, 2.75) is 32.1 Å². The molecule has 1 heterocycles. The van der Waals surface area contributed by atoms with Crippen LogP contribution in [0.1, 0.15) is 37.7 Å². The Balaban J connectivity index is 1.83. The molecule has 1 aliphatic rings. The minimum absolute atomic E-state index is 0.0999. The van der Waals surface area contributed by atoms with Crippen LogP contribution in [-0.4, -0.2) is 73.3 Å². The van der Waals surface area contributed by atoms with E-state index in [1.165, 1.54) is 12.1 Å². The molecule has 2 amide bonds. The van der Waals surface area contributed by atoms with Crippen molar-refractivity contribution in [3.63, 3.8) is 0 Å². The van der Waals surface area contributed by atoms with Gasteiger partial charge in [0.05, 0.1) is 0 Å². The lowest BCUT2D eigenvalue weighted by atomic mass is 9.92. The minimum atomic E-state index is -0.259. The molecule has 1 unspecified atom stereocenters. The standard InChI is InChI=1S/C20H30FN3O2/c1-4-16(17-5-7-18(21)8-6-17)15-20(26)24-13-11-23(12-14-24)19(25)9-10-22(2)3/h5-8,16H,4,9-15H2,1-3H3. The zero-order valence-corrected chi connectivity index (χ0v) is 16.1. The molecule has 0 N–H and O–H groups in total. The maximum absolute atomic E-state index is 13.1. The Hall–Kier alpha value is -1.95. The molecule has 0 bridgehead atoms. The Morgan fingerprint density at radius 3 is 2.08 bits per heavy atom. The van der Waals surface area contributed by atoms with E-state index in [1.807, 2.05) is 35.7 Å². The van der Waals surface area contributed by atoms with Crippen LogP contribution in [0.15, 0.2) is 24.3 Å². The molecule has 0 radical (unpaired) electrons. The third-order valence-electron chi connectivity index (χ3n) is 5.01. The summed E-state index contributed by atoms with van der Waals surface area (Å²) < 4.78 is 13.1. The highest BCUT2D eigenvalue weighted by molar-refractivity contribution is 5.79. The van der Waals surface area contributed by atoms with Gasteiger partial charge in [-0.15, -0.1) is 0 Å². The van der Waals surface area contributed by atoms with Gasteiger partial charge >= 0.3 is 0 Å². The van der Waals surface area contributed by atoms with Crippen molar-refractivity contribution in [3.05, 3.63) is 35.6 Å². The number of piperazine rings is 1. The van der Waals surface area contributed by atoms with Gasteiger partial charge in [0.2, 0.25) is 11.8 Å². The second kappa shape index (κ2) is 9.67. The number of hydrogen-bond donors (Lipinski definition) is 0. The average molecular weight is 363 g/mol. The van der Waals surface area contributed by atoms with Crippen molar-refractivity contribution in [2.24, 2.45) is 0 Å². The molecule has 1 atom stereocenters. The van der Waals surface area contributed by atoms with E-state index in [1.54, 1.807) is 12.1 Å². The summed E-state index contributed by atoms with van der Waals surface area (Å²) in [6, 6.07) is 6.41. The van der Waals surface area contributed by atoms with Gasteiger partial charge in [-0.25, -0.2) is 4.39 Å². The average Bonchev–Trinajstić information content (AvgIpc) is 2.65. The van der Waals surface area contributed by atoms with Crippen LogP contribution >= 0.6 is 0 Å². The number of halogens is 1. The summed E-state index contributed by atoms with van der Waals surface area (Å²) >= 11 is 0. The maximum atomic E-state index is 13.1. The molecule has 1 saturated heterocycles. The molecule has 144 valence electrons. The van der Waals surface area contributed by atoms with Crippen LogP contribution in [0.4, 0.5) is 4.39 Å². The molecule has 0 saturated carbocycles. The Labute approximate surface area is 155 Å². The summed E-state index contributed by atoms with van der Waals surface area (Å²) in [5, 5.41) is 0. The van der Waals surface area contributed by atoms with Crippen LogP contribution < -0.4 is 0 Å². The SMILES string of the molecule is CCC(CC(=O)N1CCN(C(=O)CCN(C)C)CC1)c1ccc(F)cc1. The van der Waals surface area contributed by atoms with Gasteiger partial charge in [-0.1, -0.05) is 19.1 Å². The molecule has 2 rings (SSSR count). The van der Waals surface area contributed by atoms with Gasteiger partial charge in [0.15, 0.2) is 0 Å². The minimum Gasteiger partial charge on any atom is -0.339 e. The van der Waals surface area contributed by atoms with Crippen LogP contribution in [0.25, 0.3) is 0 Å². The molecule has 1 aliphatic heterocycles. The lowest BCUT2D eigenvalue weighted by Crippen LogP contribution is -2.51. The largest absolute Gasteiger partial charge is 0.339 e. The number of rotatable bonds is 7. The first-order valence-corrected chi connectivity index (χ1v) is 9.36. The lowest BCUT2D eigenvalue weighted by Gasteiger charge is -2.35. The van der Waals surface area contributed by atoms with Gasteiger partial charge in [-0.2, -0.15) is 0 Å². The third kappa shape index (κ3) is 5.80. The molecule has 26 heavy (non-hydrogen) atoms. The normalized spacial score (nSPS) is 16.0. The van der Waals surface area contributed by atoms with Gasteiger partial charge in [-0.3, -0.25) is 9.59 Å².